The molecule has 1 amide bonds. The van der Waals surface area contributed by atoms with E-state index < -0.39 is 0 Å². The van der Waals surface area contributed by atoms with Gasteiger partial charge in [0.25, 0.3) is 5.91 Å². The summed E-state index contributed by atoms with van der Waals surface area (Å²) in [6.45, 7) is 4.43. The lowest BCUT2D eigenvalue weighted by Gasteiger charge is -2.06. The number of carbonyl (C=O) groups is 1. The Kier molecular flexibility index (Phi) is 3.95. The molecule has 19 heavy (non-hydrogen) atoms. The van der Waals surface area contributed by atoms with E-state index in [2.05, 4.69) is 23.0 Å². The lowest BCUT2D eigenvalue weighted by molar-refractivity contribution is 0.0950. The van der Waals surface area contributed by atoms with Crippen LogP contribution in [0.3, 0.4) is 0 Å². The number of aromatic nitrogens is 2. The standard InChI is InChI=1S/C14H17N3OS/c1-9-13(10(2)17(3)16-9)8-15-14(18)11-5-4-6-12(19)7-11/h4-7,19H,8H2,1-3H3,(H,15,18). The summed E-state index contributed by atoms with van der Waals surface area (Å²) >= 11 is 4.23. The first-order valence-electron chi connectivity index (χ1n) is 6.05. The molecule has 1 heterocycles. The van der Waals surface area contributed by atoms with Crippen molar-refractivity contribution in [3.63, 3.8) is 0 Å². The van der Waals surface area contributed by atoms with Crippen LogP contribution in [0.5, 0.6) is 0 Å². The van der Waals surface area contributed by atoms with Crippen molar-refractivity contribution in [3.8, 4) is 0 Å². The van der Waals surface area contributed by atoms with E-state index in [-0.39, 0.29) is 5.91 Å². The van der Waals surface area contributed by atoms with Crippen molar-refractivity contribution in [2.24, 2.45) is 7.05 Å². The minimum absolute atomic E-state index is 0.0986. The summed E-state index contributed by atoms with van der Waals surface area (Å²) in [5.41, 5.74) is 3.70. The molecule has 0 bridgehead atoms. The molecule has 0 radical (unpaired) electrons. The maximum atomic E-state index is 12.0. The molecule has 0 aliphatic rings. The maximum Gasteiger partial charge on any atom is 0.251 e. The zero-order valence-corrected chi connectivity index (χ0v) is 12.2. The van der Waals surface area contributed by atoms with Crippen LogP contribution in [0.1, 0.15) is 27.3 Å². The number of rotatable bonds is 3. The number of nitrogens with zero attached hydrogens (tertiary/aromatic N) is 2. The Morgan fingerprint density at radius 1 is 1.42 bits per heavy atom. The largest absolute Gasteiger partial charge is 0.348 e. The second kappa shape index (κ2) is 5.48. The van der Waals surface area contributed by atoms with Crippen LogP contribution >= 0.6 is 12.6 Å². The molecule has 0 fully saturated rings. The van der Waals surface area contributed by atoms with Gasteiger partial charge in [0.2, 0.25) is 0 Å². The van der Waals surface area contributed by atoms with Gasteiger partial charge in [-0.2, -0.15) is 5.10 Å². The molecular weight excluding hydrogens is 258 g/mol. The third-order valence-corrected chi connectivity index (χ3v) is 3.47. The molecule has 0 saturated carbocycles. The van der Waals surface area contributed by atoms with Crippen molar-refractivity contribution in [1.82, 2.24) is 15.1 Å². The molecule has 2 aromatic rings. The predicted molar refractivity (Wildman–Crippen MR) is 77.5 cm³/mol. The quantitative estimate of drug-likeness (QED) is 0.844. The molecular formula is C14H17N3OS. The van der Waals surface area contributed by atoms with Crippen LogP contribution in [0.4, 0.5) is 0 Å². The number of carbonyl (C=O) groups excluding carboxylic acids is 1. The number of nitrogens with one attached hydrogen (secondary N) is 1. The van der Waals surface area contributed by atoms with Gasteiger partial charge in [0.1, 0.15) is 0 Å². The highest BCUT2D eigenvalue weighted by atomic mass is 32.1. The first kappa shape index (κ1) is 13.7. The van der Waals surface area contributed by atoms with Crippen LogP contribution in [-0.2, 0) is 13.6 Å². The highest BCUT2D eigenvalue weighted by molar-refractivity contribution is 7.80. The molecule has 1 N–H and O–H groups in total. The van der Waals surface area contributed by atoms with Crippen molar-refractivity contribution in [3.05, 3.63) is 46.8 Å². The second-order valence-electron chi connectivity index (χ2n) is 4.51. The zero-order valence-electron chi connectivity index (χ0n) is 11.3. The van der Waals surface area contributed by atoms with Crippen LogP contribution in [-0.4, -0.2) is 15.7 Å². The summed E-state index contributed by atoms with van der Waals surface area (Å²) in [4.78, 5) is 12.8. The van der Waals surface area contributed by atoms with Crippen LogP contribution in [0.2, 0.25) is 0 Å². The zero-order chi connectivity index (χ0) is 14.0. The molecule has 1 aromatic carbocycles. The molecule has 100 valence electrons. The molecule has 4 nitrogen and oxygen atoms in total. The lowest BCUT2D eigenvalue weighted by Crippen LogP contribution is -2.23. The number of hydrogen-bond donors (Lipinski definition) is 2. The third-order valence-electron chi connectivity index (χ3n) is 3.19. The molecule has 2 rings (SSSR count). The topological polar surface area (TPSA) is 46.9 Å². The van der Waals surface area contributed by atoms with E-state index in [1.54, 1.807) is 12.1 Å². The number of aryl methyl sites for hydroxylation is 2. The molecule has 0 saturated heterocycles. The van der Waals surface area contributed by atoms with E-state index in [1.165, 1.54) is 0 Å². The number of amides is 1. The van der Waals surface area contributed by atoms with Gasteiger partial charge in [0.15, 0.2) is 0 Å². The van der Waals surface area contributed by atoms with Gasteiger partial charge >= 0.3 is 0 Å². The van der Waals surface area contributed by atoms with Gasteiger partial charge < -0.3 is 5.32 Å². The Hall–Kier alpha value is -1.75. The Labute approximate surface area is 118 Å². The fourth-order valence-corrected chi connectivity index (χ4v) is 2.22. The molecule has 1 aromatic heterocycles. The smallest absolute Gasteiger partial charge is 0.251 e. The summed E-state index contributed by atoms with van der Waals surface area (Å²) in [6, 6.07) is 7.19. The van der Waals surface area contributed by atoms with E-state index in [9.17, 15) is 4.79 Å². The van der Waals surface area contributed by atoms with Crippen molar-refractivity contribution in [1.29, 1.82) is 0 Å². The van der Waals surface area contributed by atoms with Crippen LogP contribution in [0.15, 0.2) is 29.2 Å². The lowest BCUT2D eigenvalue weighted by atomic mass is 10.1. The average molecular weight is 275 g/mol. The fraction of sp³-hybridized carbons (Fsp3) is 0.286. The highest BCUT2D eigenvalue weighted by Crippen LogP contribution is 2.12. The van der Waals surface area contributed by atoms with E-state index in [0.717, 1.165) is 21.8 Å². The SMILES string of the molecule is Cc1nn(C)c(C)c1CNC(=O)c1cccc(S)c1. The first-order valence-corrected chi connectivity index (χ1v) is 6.50. The van der Waals surface area contributed by atoms with Gasteiger partial charge in [-0.25, -0.2) is 0 Å². The summed E-state index contributed by atoms with van der Waals surface area (Å²) < 4.78 is 1.82. The van der Waals surface area contributed by atoms with Crippen LogP contribution in [0.25, 0.3) is 0 Å². The second-order valence-corrected chi connectivity index (χ2v) is 5.02. The molecule has 0 atom stereocenters. The Bertz CT molecular complexity index is 619. The predicted octanol–water partition coefficient (Wildman–Crippen LogP) is 2.26. The molecule has 5 heteroatoms. The fourth-order valence-electron chi connectivity index (χ4n) is 1.99. The summed E-state index contributed by atoms with van der Waals surface area (Å²) in [5, 5.41) is 7.24. The van der Waals surface area contributed by atoms with Gasteiger partial charge in [-0.1, -0.05) is 6.07 Å². The normalized spacial score (nSPS) is 10.5. The average Bonchev–Trinajstić information content (AvgIpc) is 2.61. The Morgan fingerprint density at radius 3 is 2.74 bits per heavy atom. The van der Waals surface area contributed by atoms with Gasteiger partial charge in [0, 0.05) is 35.3 Å². The van der Waals surface area contributed by atoms with Gasteiger partial charge in [-0.3, -0.25) is 9.48 Å². The van der Waals surface area contributed by atoms with Crippen molar-refractivity contribution in [2.45, 2.75) is 25.3 Å². The van der Waals surface area contributed by atoms with Crippen molar-refractivity contribution < 1.29 is 4.79 Å². The van der Waals surface area contributed by atoms with Crippen LogP contribution < -0.4 is 5.32 Å². The van der Waals surface area contributed by atoms with Crippen molar-refractivity contribution in [2.75, 3.05) is 0 Å². The van der Waals surface area contributed by atoms with E-state index in [0.29, 0.717) is 12.1 Å². The van der Waals surface area contributed by atoms with Gasteiger partial charge in [-0.15, -0.1) is 12.6 Å². The van der Waals surface area contributed by atoms with E-state index in [1.807, 2.05) is 37.7 Å². The van der Waals surface area contributed by atoms with Crippen LogP contribution in [0, 0.1) is 13.8 Å². The van der Waals surface area contributed by atoms with E-state index >= 15 is 0 Å². The molecule has 0 spiro atoms. The molecule has 0 aliphatic carbocycles. The summed E-state index contributed by atoms with van der Waals surface area (Å²) in [5.74, 6) is -0.0986. The Balaban J connectivity index is 2.09. The van der Waals surface area contributed by atoms with Gasteiger partial charge in [-0.05, 0) is 32.0 Å². The molecule has 0 aliphatic heterocycles. The third kappa shape index (κ3) is 2.98. The maximum absolute atomic E-state index is 12.0. The summed E-state index contributed by atoms with van der Waals surface area (Å²) in [7, 11) is 1.90. The minimum atomic E-state index is -0.0986. The van der Waals surface area contributed by atoms with Gasteiger partial charge in [0.05, 0.1) is 5.69 Å². The molecule has 0 unspecified atom stereocenters. The highest BCUT2D eigenvalue weighted by Gasteiger charge is 2.11. The number of thiol groups is 1. The Morgan fingerprint density at radius 2 is 2.16 bits per heavy atom. The summed E-state index contributed by atoms with van der Waals surface area (Å²) in [6.07, 6.45) is 0. The van der Waals surface area contributed by atoms with E-state index in [4.69, 9.17) is 0 Å². The van der Waals surface area contributed by atoms with Crippen molar-refractivity contribution >= 4 is 18.5 Å². The monoisotopic (exact) mass is 275 g/mol. The first-order chi connectivity index (χ1) is 8.99. The number of hydrogen-bond acceptors (Lipinski definition) is 3. The number of benzene rings is 1. The minimum Gasteiger partial charge on any atom is -0.348 e.